The van der Waals surface area contributed by atoms with E-state index in [0.29, 0.717) is 0 Å². The van der Waals surface area contributed by atoms with Gasteiger partial charge in [-0.3, -0.25) is 0 Å². The van der Waals surface area contributed by atoms with Gasteiger partial charge in [-0.2, -0.15) is 0 Å². The third-order valence-corrected chi connectivity index (χ3v) is 4.94. The maximum Gasteiger partial charge on any atom is 0.0360 e. The SMILES string of the molecule is CC(C)(SC(C)(C)c1ccccc1)c1ccccc1. The van der Waals surface area contributed by atoms with E-state index in [1.165, 1.54) is 11.1 Å². The summed E-state index contributed by atoms with van der Waals surface area (Å²) >= 11 is 2.01. The van der Waals surface area contributed by atoms with Crippen LogP contribution in [0.3, 0.4) is 0 Å². The van der Waals surface area contributed by atoms with Gasteiger partial charge >= 0.3 is 0 Å². The van der Waals surface area contributed by atoms with Crippen molar-refractivity contribution >= 4 is 11.8 Å². The van der Waals surface area contributed by atoms with Gasteiger partial charge in [0.1, 0.15) is 0 Å². The maximum absolute atomic E-state index is 2.30. The molecule has 0 aliphatic carbocycles. The highest BCUT2D eigenvalue weighted by Crippen LogP contribution is 2.48. The average Bonchev–Trinajstić information content (AvgIpc) is 2.40. The highest BCUT2D eigenvalue weighted by molar-refractivity contribution is 8.01. The van der Waals surface area contributed by atoms with Crippen LogP contribution < -0.4 is 0 Å². The first-order valence-corrected chi connectivity index (χ1v) is 7.55. The van der Waals surface area contributed by atoms with E-state index in [1.54, 1.807) is 0 Å². The van der Waals surface area contributed by atoms with Crippen molar-refractivity contribution in [1.29, 1.82) is 0 Å². The van der Waals surface area contributed by atoms with Crippen LogP contribution in [0.4, 0.5) is 0 Å². The van der Waals surface area contributed by atoms with Crippen LogP contribution in [0, 0.1) is 0 Å². The van der Waals surface area contributed by atoms with E-state index in [-0.39, 0.29) is 9.49 Å². The van der Waals surface area contributed by atoms with Crippen LogP contribution in [0.1, 0.15) is 38.8 Å². The molecule has 0 aromatic heterocycles. The van der Waals surface area contributed by atoms with Gasteiger partial charge in [0.2, 0.25) is 0 Å². The number of thioether (sulfide) groups is 1. The first-order valence-electron chi connectivity index (χ1n) is 6.73. The van der Waals surface area contributed by atoms with Crippen LogP contribution in [0.15, 0.2) is 60.7 Å². The zero-order valence-electron chi connectivity index (χ0n) is 12.2. The third kappa shape index (κ3) is 3.42. The lowest BCUT2D eigenvalue weighted by Gasteiger charge is -2.35. The zero-order chi connectivity index (χ0) is 13.9. The molecule has 0 bridgehead atoms. The van der Waals surface area contributed by atoms with Crippen molar-refractivity contribution in [3.63, 3.8) is 0 Å². The largest absolute Gasteiger partial charge is 0.140 e. The Morgan fingerprint density at radius 1 is 0.579 bits per heavy atom. The van der Waals surface area contributed by atoms with E-state index < -0.39 is 0 Å². The molecule has 0 nitrogen and oxygen atoms in total. The molecule has 0 atom stereocenters. The second kappa shape index (κ2) is 5.42. The standard InChI is InChI=1S/C18H22S/c1-17(2,15-11-7-5-8-12-15)19-18(3,4)16-13-9-6-10-14-16/h5-14H,1-4H3. The van der Waals surface area contributed by atoms with E-state index in [0.717, 1.165) is 0 Å². The minimum Gasteiger partial charge on any atom is -0.140 e. The Morgan fingerprint density at radius 3 is 1.21 bits per heavy atom. The van der Waals surface area contributed by atoms with Gasteiger partial charge in [0.25, 0.3) is 0 Å². The van der Waals surface area contributed by atoms with Crippen molar-refractivity contribution in [2.24, 2.45) is 0 Å². The molecule has 0 aliphatic heterocycles. The van der Waals surface area contributed by atoms with Gasteiger partial charge in [-0.1, -0.05) is 60.7 Å². The fourth-order valence-electron chi connectivity index (χ4n) is 2.43. The topological polar surface area (TPSA) is 0 Å². The predicted octanol–water partition coefficient (Wildman–Crippen LogP) is 5.59. The molecule has 0 unspecified atom stereocenters. The minimum atomic E-state index is 0.0978. The molecule has 1 heteroatoms. The molecule has 0 spiro atoms. The predicted molar refractivity (Wildman–Crippen MR) is 86.5 cm³/mol. The Labute approximate surface area is 121 Å². The molecule has 0 radical (unpaired) electrons. The van der Waals surface area contributed by atoms with Crippen LogP contribution >= 0.6 is 11.8 Å². The van der Waals surface area contributed by atoms with Gasteiger partial charge in [0.15, 0.2) is 0 Å². The lowest BCUT2D eigenvalue weighted by molar-refractivity contribution is 0.717. The van der Waals surface area contributed by atoms with Crippen molar-refractivity contribution in [2.45, 2.75) is 37.2 Å². The van der Waals surface area contributed by atoms with E-state index >= 15 is 0 Å². The van der Waals surface area contributed by atoms with Crippen LogP contribution in [0.2, 0.25) is 0 Å². The Hall–Kier alpha value is -1.21. The van der Waals surface area contributed by atoms with Crippen LogP contribution in [-0.2, 0) is 9.49 Å². The van der Waals surface area contributed by atoms with Gasteiger partial charge in [-0.05, 0) is 38.8 Å². The average molecular weight is 270 g/mol. The van der Waals surface area contributed by atoms with Crippen molar-refractivity contribution in [3.8, 4) is 0 Å². The maximum atomic E-state index is 2.30. The lowest BCUT2D eigenvalue weighted by Crippen LogP contribution is -2.22. The summed E-state index contributed by atoms with van der Waals surface area (Å²) in [4.78, 5) is 0. The highest BCUT2D eigenvalue weighted by Gasteiger charge is 2.31. The highest BCUT2D eigenvalue weighted by atomic mass is 32.2. The van der Waals surface area contributed by atoms with Crippen molar-refractivity contribution in [2.75, 3.05) is 0 Å². The summed E-state index contributed by atoms with van der Waals surface area (Å²) in [5.74, 6) is 0. The number of benzene rings is 2. The molecule has 0 fully saturated rings. The van der Waals surface area contributed by atoms with Crippen LogP contribution in [0.25, 0.3) is 0 Å². The minimum absolute atomic E-state index is 0.0978. The number of rotatable bonds is 4. The smallest absolute Gasteiger partial charge is 0.0360 e. The molecular formula is C18H22S. The molecule has 0 aliphatic rings. The molecule has 19 heavy (non-hydrogen) atoms. The Balaban J connectivity index is 2.25. The molecule has 0 saturated heterocycles. The van der Waals surface area contributed by atoms with Crippen LogP contribution in [-0.4, -0.2) is 0 Å². The normalized spacial score (nSPS) is 12.4. The molecule has 2 aromatic rings. The lowest BCUT2D eigenvalue weighted by atomic mass is 10.0. The van der Waals surface area contributed by atoms with Gasteiger partial charge in [0.05, 0.1) is 0 Å². The molecule has 100 valence electrons. The summed E-state index contributed by atoms with van der Waals surface area (Å²) in [5, 5.41) is 0. The third-order valence-electron chi connectivity index (χ3n) is 3.45. The molecule has 2 rings (SSSR count). The van der Waals surface area contributed by atoms with Crippen molar-refractivity contribution < 1.29 is 0 Å². The Kier molecular flexibility index (Phi) is 4.05. The summed E-state index contributed by atoms with van der Waals surface area (Å²) in [6.45, 7) is 9.21. The van der Waals surface area contributed by atoms with Crippen LogP contribution in [0.5, 0.6) is 0 Å². The van der Waals surface area contributed by atoms with Gasteiger partial charge in [-0.25, -0.2) is 0 Å². The molecule has 0 amide bonds. The van der Waals surface area contributed by atoms with Gasteiger partial charge in [-0.15, -0.1) is 11.8 Å². The van der Waals surface area contributed by atoms with E-state index in [9.17, 15) is 0 Å². The fraction of sp³-hybridized carbons (Fsp3) is 0.333. The quantitative estimate of drug-likeness (QED) is 0.698. The summed E-state index contributed by atoms with van der Waals surface area (Å²) < 4.78 is 0.196. The molecule has 0 N–H and O–H groups in total. The van der Waals surface area contributed by atoms with E-state index in [1.807, 2.05) is 11.8 Å². The monoisotopic (exact) mass is 270 g/mol. The summed E-state index contributed by atoms with van der Waals surface area (Å²) in [7, 11) is 0. The van der Waals surface area contributed by atoms with E-state index in [2.05, 4.69) is 88.4 Å². The van der Waals surface area contributed by atoms with E-state index in [4.69, 9.17) is 0 Å². The summed E-state index contributed by atoms with van der Waals surface area (Å²) in [6, 6.07) is 21.5. The Morgan fingerprint density at radius 2 is 0.895 bits per heavy atom. The molecular weight excluding hydrogens is 248 g/mol. The first kappa shape index (κ1) is 14.2. The first-order chi connectivity index (χ1) is 8.92. The fourth-order valence-corrected chi connectivity index (χ4v) is 4.22. The van der Waals surface area contributed by atoms with Gasteiger partial charge < -0.3 is 0 Å². The van der Waals surface area contributed by atoms with Crippen molar-refractivity contribution in [1.82, 2.24) is 0 Å². The molecule has 2 aromatic carbocycles. The summed E-state index contributed by atoms with van der Waals surface area (Å²) in [5.41, 5.74) is 2.76. The Bertz CT molecular complexity index is 462. The number of hydrogen-bond acceptors (Lipinski definition) is 1. The van der Waals surface area contributed by atoms with Crippen molar-refractivity contribution in [3.05, 3.63) is 71.8 Å². The second-order valence-electron chi connectivity index (χ2n) is 5.85. The van der Waals surface area contributed by atoms with Gasteiger partial charge in [0, 0.05) is 9.49 Å². The summed E-state index contributed by atoms with van der Waals surface area (Å²) in [6.07, 6.45) is 0. The molecule has 0 saturated carbocycles. The number of hydrogen-bond donors (Lipinski definition) is 0. The zero-order valence-corrected chi connectivity index (χ0v) is 13.0. The molecule has 0 heterocycles. The second-order valence-corrected chi connectivity index (χ2v) is 8.10.